The first-order chi connectivity index (χ1) is 9.78. The molecular weight excluding hydrogens is 268 g/mol. The van der Waals surface area contributed by atoms with Crippen LogP contribution in [-0.2, 0) is 11.3 Å². The zero-order valence-corrected chi connectivity index (χ0v) is 11.7. The maximum Gasteiger partial charge on any atom is 0.243 e. The molecule has 0 spiro atoms. The van der Waals surface area contributed by atoms with Crippen molar-refractivity contribution in [2.45, 2.75) is 16.3 Å². The first-order valence-corrected chi connectivity index (χ1v) is 7.15. The van der Waals surface area contributed by atoms with Crippen LogP contribution in [0.4, 0.5) is 11.4 Å². The van der Waals surface area contributed by atoms with E-state index in [1.165, 1.54) is 15.9 Å². The van der Waals surface area contributed by atoms with Crippen LogP contribution in [0.1, 0.15) is 5.56 Å². The van der Waals surface area contributed by atoms with E-state index in [-0.39, 0.29) is 5.91 Å². The smallest absolute Gasteiger partial charge is 0.243 e. The molecule has 0 atom stereocenters. The van der Waals surface area contributed by atoms with Crippen LogP contribution in [0.25, 0.3) is 0 Å². The quantitative estimate of drug-likeness (QED) is 0.720. The lowest BCUT2D eigenvalue weighted by Gasteiger charge is -2.23. The van der Waals surface area contributed by atoms with Crippen molar-refractivity contribution in [3.05, 3.63) is 60.7 Å². The highest BCUT2D eigenvalue weighted by atomic mass is 32.2. The fourth-order valence-corrected chi connectivity index (χ4v) is 3.16. The summed E-state index contributed by atoms with van der Waals surface area (Å²) < 4.78 is 0. The third-order valence-corrected chi connectivity index (χ3v) is 4.25. The average Bonchev–Trinajstić information content (AvgIpc) is 2.50. The summed E-state index contributed by atoms with van der Waals surface area (Å²) in [5, 5.41) is 6.27. The number of hydrogen-bond acceptors (Lipinski definition) is 3. The Labute approximate surface area is 122 Å². The van der Waals surface area contributed by atoms with Crippen molar-refractivity contribution in [1.29, 1.82) is 0 Å². The molecule has 0 saturated carbocycles. The molecule has 2 aromatic rings. The fraction of sp³-hybridized carbons (Fsp3) is 0.0625. The van der Waals surface area contributed by atoms with Gasteiger partial charge in [-0.1, -0.05) is 42.6 Å². The molecule has 0 aliphatic carbocycles. The maximum absolute atomic E-state index is 11.3. The Morgan fingerprint density at radius 2 is 2.00 bits per heavy atom. The topological polar surface area (TPSA) is 41.1 Å². The molecule has 3 rings (SSSR count). The summed E-state index contributed by atoms with van der Waals surface area (Å²) in [7, 11) is 0. The molecule has 3 nitrogen and oxygen atoms in total. The lowest BCUT2D eigenvalue weighted by Crippen LogP contribution is -2.20. The number of carbonyl (C=O) groups is 1. The minimum atomic E-state index is -0.161. The van der Waals surface area contributed by atoms with Crippen LogP contribution in [-0.4, -0.2) is 5.91 Å². The molecule has 20 heavy (non-hydrogen) atoms. The Morgan fingerprint density at radius 3 is 2.85 bits per heavy atom. The van der Waals surface area contributed by atoms with E-state index in [1.54, 1.807) is 11.8 Å². The molecule has 100 valence electrons. The second kappa shape index (κ2) is 5.43. The summed E-state index contributed by atoms with van der Waals surface area (Å²) in [4.78, 5) is 13.7. The Balaban J connectivity index is 1.90. The Morgan fingerprint density at radius 1 is 1.20 bits per heavy atom. The number of anilines is 2. The molecule has 0 radical (unpaired) electrons. The largest absolute Gasteiger partial charge is 0.353 e. The number of benzene rings is 2. The van der Waals surface area contributed by atoms with Gasteiger partial charge in [0.05, 0.1) is 11.4 Å². The number of nitrogens with one attached hydrogen (secondary N) is 2. The Bertz CT molecular complexity index is 682. The minimum Gasteiger partial charge on any atom is -0.353 e. The van der Waals surface area contributed by atoms with E-state index in [0.29, 0.717) is 6.54 Å². The number of carbonyl (C=O) groups excluding carboxylic acids is 1. The predicted octanol–water partition coefficient (Wildman–Crippen LogP) is 3.70. The summed E-state index contributed by atoms with van der Waals surface area (Å²) in [6, 6.07) is 14.3. The zero-order chi connectivity index (χ0) is 13.9. The molecule has 4 heteroatoms. The van der Waals surface area contributed by atoms with Crippen molar-refractivity contribution in [2.24, 2.45) is 0 Å². The lowest BCUT2D eigenvalue weighted by molar-refractivity contribution is -0.116. The molecular formula is C16H14N2OS. The van der Waals surface area contributed by atoms with Gasteiger partial charge in [0.1, 0.15) is 0 Å². The Hall–Kier alpha value is -2.20. The van der Waals surface area contributed by atoms with E-state index in [1.807, 2.05) is 24.3 Å². The van der Waals surface area contributed by atoms with Gasteiger partial charge in [-0.15, -0.1) is 0 Å². The number of rotatable bonds is 3. The first-order valence-electron chi connectivity index (χ1n) is 6.34. The van der Waals surface area contributed by atoms with Gasteiger partial charge in [-0.2, -0.15) is 0 Å². The minimum absolute atomic E-state index is 0.161. The van der Waals surface area contributed by atoms with Gasteiger partial charge in [0, 0.05) is 16.3 Å². The molecule has 2 aromatic carbocycles. The molecule has 0 saturated heterocycles. The van der Waals surface area contributed by atoms with Crippen molar-refractivity contribution in [1.82, 2.24) is 5.32 Å². The molecule has 0 aromatic heterocycles. The number of amides is 1. The maximum atomic E-state index is 11.3. The van der Waals surface area contributed by atoms with Gasteiger partial charge in [-0.05, 0) is 29.8 Å². The van der Waals surface area contributed by atoms with E-state index in [0.717, 1.165) is 16.9 Å². The molecule has 0 unspecified atom stereocenters. The van der Waals surface area contributed by atoms with Crippen molar-refractivity contribution < 1.29 is 4.79 Å². The molecule has 1 aliphatic rings. The summed E-state index contributed by atoms with van der Waals surface area (Å²) in [5.74, 6) is -0.161. The highest BCUT2D eigenvalue weighted by Gasteiger charge is 2.17. The Kier molecular flexibility index (Phi) is 3.48. The molecule has 0 fully saturated rings. The van der Waals surface area contributed by atoms with Crippen molar-refractivity contribution in [2.75, 3.05) is 5.32 Å². The second-order valence-electron chi connectivity index (χ2n) is 4.44. The number of fused-ring (bicyclic) bond motifs is 2. The van der Waals surface area contributed by atoms with Gasteiger partial charge >= 0.3 is 0 Å². The van der Waals surface area contributed by atoms with Gasteiger partial charge in [-0.25, -0.2) is 0 Å². The standard InChI is InChI=1S/C16H14N2OS/c1-2-15(19)17-10-11-6-5-9-14-16(11)18-12-7-3-4-8-13(12)20-14/h2-9,18H,1,10H2,(H,17,19). The van der Waals surface area contributed by atoms with Crippen LogP contribution < -0.4 is 10.6 Å². The molecule has 1 aliphatic heterocycles. The monoisotopic (exact) mass is 282 g/mol. The third kappa shape index (κ3) is 2.42. The van der Waals surface area contributed by atoms with Crippen LogP contribution >= 0.6 is 11.8 Å². The normalized spacial score (nSPS) is 11.8. The van der Waals surface area contributed by atoms with Crippen molar-refractivity contribution >= 4 is 29.0 Å². The average molecular weight is 282 g/mol. The van der Waals surface area contributed by atoms with Crippen molar-refractivity contribution in [3.63, 3.8) is 0 Å². The van der Waals surface area contributed by atoms with E-state index in [4.69, 9.17) is 0 Å². The zero-order valence-electron chi connectivity index (χ0n) is 10.8. The van der Waals surface area contributed by atoms with Crippen LogP contribution in [0, 0.1) is 0 Å². The van der Waals surface area contributed by atoms with Gasteiger partial charge in [-0.3, -0.25) is 4.79 Å². The first kappa shape index (κ1) is 12.8. The van der Waals surface area contributed by atoms with Crippen LogP contribution in [0.15, 0.2) is 64.9 Å². The number of hydrogen-bond donors (Lipinski definition) is 2. The SMILES string of the molecule is C=CC(=O)NCc1cccc2c1Nc1ccccc1S2. The van der Waals surface area contributed by atoms with Crippen molar-refractivity contribution in [3.8, 4) is 0 Å². The second-order valence-corrected chi connectivity index (χ2v) is 5.52. The van der Waals surface area contributed by atoms with E-state index < -0.39 is 0 Å². The molecule has 0 bridgehead atoms. The summed E-state index contributed by atoms with van der Waals surface area (Å²) >= 11 is 1.74. The fourth-order valence-electron chi connectivity index (χ4n) is 2.12. The van der Waals surface area contributed by atoms with Gasteiger partial charge < -0.3 is 10.6 Å². The van der Waals surface area contributed by atoms with E-state index in [9.17, 15) is 4.79 Å². The molecule has 1 heterocycles. The van der Waals surface area contributed by atoms with Crippen LogP contribution in [0.3, 0.4) is 0 Å². The van der Waals surface area contributed by atoms with Gasteiger partial charge in [0.2, 0.25) is 5.91 Å². The van der Waals surface area contributed by atoms with Crippen LogP contribution in [0.5, 0.6) is 0 Å². The molecule has 1 amide bonds. The predicted molar refractivity (Wildman–Crippen MR) is 82.3 cm³/mol. The number of para-hydroxylation sites is 2. The third-order valence-electron chi connectivity index (χ3n) is 3.12. The summed E-state index contributed by atoms with van der Waals surface area (Å²) in [5.41, 5.74) is 3.24. The highest BCUT2D eigenvalue weighted by molar-refractivity contribution is 7.99. The summed E-state index contributed by atoms with van der Waals surface area (Å²) in [6.07, 6.45) is 1.28. The van der Waals surface area contributed by atoms with Gasteiger partial charge in [0.15, 0.2) is 0 Å². The van der Waals surface area contributed by atoms with E-state index in [2.05, 4.69) is 35.4 Å². The summed E-state index contributed by atoms with van der Waals surface area (Å²) in [6.45, 7) is 3.95. The highest BCUT2D eigenvalue weighted by Crippen LogP contribution is 2.45. The van der Waals surface area contributed by atoms with E-state index >= 15 is 0 Å². The molecule has 2 N–H and O–H groups in total. The van der Waals surface area contributed by atoms with Crippen LogP contribution in [0.2, 0.25) is 0 Å². The van der Waals surface area contributed by atoms with Gasteiger partial charge in [0.25, 0.3) is 0 Å². The lowest BCUT2D eigenvalue weighted by atomic mass is 10.1.